The zero-order valence-electron chi connectivity index (χ0n) is 10.9. The molecule has 3 nitrogen and oxygen atoms in total. The van der Waals surface area contributed by atoms with E-state index in [1.807, 2.05) is 20.8 Å². The van der Waals surface area contributed by atoms with Crippen LogP contribution in [0, 0.1) is 20.8 Å². The predicted octanol–water partition coefficient (Wildman–Crippen LogP) is 4.40. The van der Waals surface area contributed by atoms with Gasteiger partial charge in [0.2, 0.25) is 0 Å². The van der Waals surface area contributed by atoms with E-state index in [0.29, 0.717) is 15.9 Å². The first-order valence-corrected chi connectivity index (χ1v) is 7.46. The third kappa shape index (κ3) is 3.59. The number of aromatic nitrogens is 3. The van der Waals surface area contributed by atoms with Crippen LogP contribution in [0.15, 0.2) is 17.4 Å². The van der Waals surface area contributed by atoms with Crippen molar-refractivity contribution in [3.05, 3.63) is 45.0 Å². The van der Waals surface area contributed by atoms with Crippen LogP contribution in [0.1, 0.15) is 22.5 Å². The van der Waals surface area contributed by atoms with Crippen molar-refractivity contribution in [2.24, 2.45) is 0 Å². The molecule has 0 aliphatic rings. The zero-order valence-corrected chi connectivity index (χ0v) is 13.2. The SMILES string of the molecule is Cc1nc(SCc2cnc(Cl)cc2Cl)nc(C)c1C. The van der Waals surface area contributed by atoms with Crippen LogP contribution < -0.4 is 0 Å². The Balaban J connectivity index is 2.14. The van der Waals surface area contributed by atoms with Crippen LogP contribution in [0.3, 0.4) is 0 Å². The molecule has 0 fully saturated rings. The second-order valence-corrected chi connectivity index (χ2v) is 5.93. The molecule has 0 saturated carbocycles. The predicted molar refractivity (Wildman–Crippen MR) is 80.1 cm³/mol. The topological polar surface area (TPSA) is 38.7 Å². The van der Waals surface area contributed by atoms with Crippen LogP contribution in [-0.2, 0) is 5.75 Å². The summed E-state index contributed by atoms with van der Waals surface area (Å²) in [6.07, 6.45) is 1.69. The van der Waals surface area contributed by atoms with E-state index in [0.717, 1.165) is 27.7 Å². The molecule has 2 rings (SSSR count). The van der Waals surface area contributed by atoms with Crippen LogP contribution in [-0.4, -0.2) is 15.0 Å². The maximum atomic E-state index is 6.10. The van der Waals surface area contributed by atoms with Crippen LogP contribution >= 0.6 is 35.0 Å². The van der Waals surface area contributed by atoms with Crippen molar-refractivity contribution in [3.8, 4) is 0 Å². The Morgan fingerprint density at radius 3 is 2.32 bits per heavy atom. The summed E-state index contributed by atoms with van der Waals surface area (Å²) in [6.45, 7) is 6.01. The van der Waals surface area contributed by atoms with Crippen LogP contribution in [0.2, 0.25) is 10.2 Å². The van der Waals surface area contributed by atoms with Crippen molar-refractivity contribution >= 4 is 35.0 Å². The Hall–Kier alpha value is -0.840. The molecule has 0 aromatic carbocycles. The summed E-state index contributed by atoms with van der Waals surface area (Å²) in [4.78, 5) is 12.9. The van der Waals surface area contributed by atoms with Crippen molar-refractivity contribution in [3.63, 3.8) is 0 Å². The highest BCUT2D eigenvalue weighted by Gasteiger charge is 2.08. The monoisotopic (exact) mass is 313 g/mol. The number of hydrogen-bond acceptors (Lipinski definition) is 4. The Bertz CT molecular complexity index is 594. The Morgan fingerprint density at radius 1 is 1.11 bits per heavy atom. The van der Waals surface area contributed by atoms with E-state index >= 15 is 0 Å². The van der Waals surface area contributed by atoms with Crippen LogP contribution in [0.25, 0.3) is 0 Å². The molecule has 2 aromatic heterocycles. The van der Waals surface area contributed by atoms with Crippen LogP contribution in [0.5, 0.6) is 0 Å². The molecule has 0 saturated heterocycles. The summed E-state index contributed by atoms with van der Waals surface area (Å²) in [6, 6.07) is 1.64. The molecule has 2 aromatic rings. The second-order valence-electron chi connectivity index (χ2n) is 4.19. The normalized spacial score (nSPS) is 10.8. The molecule has 6 heteroatoms. The summed E-state index contributed by atoms with van der Waals surface area (Å²) in [5.74, 6) is 0.672. The lowest BCUT2D eigenvalue weighted by molar-refractivity contribution is 0.880. The van der Waals surface area contributed by atoms with E-state index in [2.05, 4.69) is 15.0 Å². The number of halogens is 2. The smallest absolute Gasteiger partial charge is 0.188 e. The minimum absolute atomic E-state index is 0.400. The summed E-state index contributed by atoms with van der Waals surface area (Å²) in [5, 5.41) is 1.77. The maximum Gasteiger partial charge on any atom is 0.188 e. The first kappa shape index (κ1) is 14.6. The molecule has 0 unspecified atom stereocenters. The van der Waals surface area contributed by atoms with Gasteiger partial charge in [-0.15, -0.1) is 0 Å². The lowest BCUT2D eigenvalue weighted by Gasteiger charge is -2.07. The van der Waals surface area contributed by atoms with Crippen molar-refractivity contribution in [2.45, 2.75) is 31.7 Å². The van der Waals surface area contributed by atoms with Gasteiger partial charge < -0.3 is 0 Å². The molecule has 0 radical (unpaired) electrons. The van der Waals surface area contributed by atoms with Gasteiger partial charge in [-0.3, -0.25) is 0 Å². The Kier molecular flexibility index (Phi) is 4.66. The van der Waals surface area contributed by atoms with E-state index < -0.39 is 0 Å². The zero-order chi connectivity index (χ0) is 14.0. The van der Waals surface area contributed by atoms with E-state index in [-0.39, 0.29) is 0 Å². The fourth-order valence-corrected chi connectivity index (χ4v) is 2.92. The number of aryl methyl sites for hydroxylation is 2. The number of rotatable bonds is 3. The van der Waals surface area contributed by atoms with Gasteiger partial charge in [-0.2, -0.15) is 0 Å². The largest absolute Gasteiger partial charge is 0.244 e. The first-order chi connectivity index (χ1) is 8.97. The molecule has 0 aliphatic heterocycles. The van der Waals surface area contributed by atoms with E-state index in [1.165, 1.54) is 0 Å². The van der Waals surface area contributed by atoms with E-state index in [1.54, 1.807) is 24.0 Å². The van der Waals surface area contributed by atoms with Crippen molar-refractivity contribution in [1.82, 2.24) is 15.0 Å². The molecule has 0 aliphatic carbocycles. The number of pyridine rings is 1. The minimum atomic E-state index is 0.400. The van der Waals surface area contributed by atoms with Gasteiger partial charge in [0, 0.05) is 28.4 Å². The van der Waals surface area contributed by atoms with Gasteiger partial charge in [0.05, 0.1) is 0 Å². The number of thioether (sulfide) groups is 1. The molecule has 0 atom stereocenters. The number of hydrogen-bond donors (Lipinski definition) is 0. The van der Waals surface area contributed by atoms with E-state index in [4.69, 9.17) is 23.2 Å². The summed E-state index contributed by atoms with van der Waals surface area (Å²) in [7, 11) is 0. The maximum absolute atomic E-state index is 6.10. The van der Waals surface area contributed by atoms with Gasteiger partial charge in [0.25, 0.3) is 0 Å². The molecule has 2 heterocycles. The average Bonchev–Trinajstić information content (AvgIpc) is 2.34. The highest BCUT2D eigenvalue weighted by atomic mass is 35.5. The fourth-order valence-electron chi connectivity index (χ4n) is 1.49. The van der Waals surface area contributed by atoms with Gasteiger partial charge in [-0.05, 0) is 38.0 Å². The van der Waals surface area contributed by atoms with Gasteiger partial charge in [-0.25, -0.2) is 15.0 Å². The third-order valence-electron chi connectivity index (χ3n) is 2.87. The van der Waals surface area contributed by atoms with E-state index in [9.17, 15) is 0 Å². The standard InChI is InChI=1S/C13H13Cl2N3S/c1-7-8(2)17-13(18-9(7)3)19-6-10-5-16-12(15)4-11(10)14/h4-5H,6H2,1-3H3. The molecule has 0 bridgehead atoms. The van der Waals surface area contributed by atoms with Gasteiger partial charge >= 0.3 is 0 Å². The molecule has 100 valence electrons. The molecule has 0 amide bonds. The molecule has 0 spiro atoms. The third-order valence-corrected chi connectivity index (χ3v) is 4.32. The fraction of sp³-hybridized carbons (Fsp3) is 0.308. The van der Waals surface area contributed by atoms with Gasteiger partial charge in [-0.1, -0.05) is 35.0 Å². The summed E-state index contributed by atoms with van der Waals surface area (Å²) < 4.78 is 0. The summed E-state index contributed by atoms with van der Waals surface area (Å²) >= 11 is 13.4. The molecule has 0 N–H and O–H groups in total. The Morgan fingerprint density at radius 2 is 1.74 bits per heavy atom. The molecular weight excluding hydrogens is 301 g/mol. The Labute approximate surface area is 126 Å². The highest BCUT2D eigenvalue weighted by molar-refractivity contribution is 7.98. The quantitative estimate of drug-likeness (QED) is 0.478. The molecular formula is C13H13Cl2N3S. The van der Waals surface area contributed by atoms with Crippen molar-refractivity contribution in [2.75, 3.05) is 0 Å². The highest BCUT2D eigenvalue weighted by Crippen LogP contribution is 2.26. The minimum Gasteiger partial charge on any atom is -0.244 e. The second kappa shape index (κ2) is 6.07. The first-order valence-electron chi connectivity index (χ1n) is 5.72. The van der Waals surface area contributed by atoms with Crippen molar-refractivity contribution < 1.29 is 0 Å². The van der Waals surface area contributed by atoms with Crippen molar-refractivity contribution in [1.29, 1.82) is 0 Å². The summed E-state index contributed by atoms with van der Waals surface area (Å²) in [5.41, 5.74) is 4.08. The molecule has 19 heavy (non-hydrogen) atoms. The van der Waals surface area contributed by atoms with Gasteiger partial charge in [0.15, 0.2) is 5.16 Å². The average molecular weight is 314 g/mol. The van der Waals surface area contributed by atoms with Crippen LogP contribution in [0.4, 0.5) is 0 Å². The lowest BCUT2D eigenvalue weighted by atomic mass is 10.2. The van der Waals surface area contributed by atoms with Gasteiger partial charge in [0.1, 0.15) is 5.15 Å². The lowest BCUT2D eigenvalue weighted by Crippen LogP contribution is -1.98. The number of nitrogens with zero attached hydrogens (tertiary/aromatic N) is 3.